The molecule has 2 heterocycles. The molecular formula is C19H33N3O2. The topological polar surface area (TPSA) is 44.8 Å². The van der Waals surface area contributed by atoms with Gasteiger partial charge in [-0.05, 0) is 57.4 Å². The lowest BCUT2D eigenvalue weighted by Gasteiger charge is -2.31. The third-order valence-corrected chi connectivity index (χ3v) is 6.37. The van der Waals surface area contributed by atoms with Crippen LogP contribution in [0.1, 0.15) is 57.8 Å². The Morgan fingerprint density at radius 3 is 2.62 bits per heavy atom. The van der Waals surface area contributed by atoms with Gasteiger partial charge in [-0.15, -0.1) is 0 Å². The minimum atomic E-state index is 0.155. The van der Waals surface area contributed by atoms with Gasteiger partial charge < -0.3 is 19.9 Å². The fourth-order valence-electron chi connectivity index (χ4n) is 4.76. The van der Waals surface area contributed by atoms with Gasteiger partial charge in [-0.25, -0.2) is 4.79 Å². The molecule has 2 amide bonds. The molecule has 1 N–H and O–H groups in total. The van der Waals surface area contributed by atoms with E-state index in [0.717, 1.165) is 38.6 Å². The van der Waals surface area contributed by atoms with Crippen LogP contribution in [0.25, 0.3) is 0 Å². The van der Waals surface area contributed by atoms with Gasteiger partial charge in [0, 0.05) is 38.3 Å². The van der Waals surface area contributed by atoms with E-state index in [1.807, 2.05) is 0 Å². The number of urea groups is 1. The molecule has 136 valence electrons. The van der Waals surface area contributed by atoms with Crippen molar-refractivity contribution in [3.05, 3.63) is 0 Å². The Hall–Kier alpha value is -0.810. The zero-order chi connectivity index (χ0) is 16.4. The summed E-state index contributed by atoms with van der Waals surface area (Å²) in [5.74, 6) is 0.641. The highest BCUT2D eigenvalue weighted by Crippen LogP contribution is 2.31. The van der Waals surface area contributed by atoms with Crippen LogP contribution < -0.4 is 5.32 Å². The van der Waals surface area contributed by atoms with Gasteiger partial charge in [-0.1, -0.05) is 12.8 Å². The summed E-state index contributed by atoms with van der Waals surface area (Å²) in [7, 11) is 0. The molecule has 0 aromatic carbocycles. The van der Waals surface area contributed by atoms with Gasteiger partial charge in [-0.2, -0.15) is 0 Å². The van der Waals surface area contributed by atoms with E-state index in [-0.39, 0.29) is 12.1 Å². The summed E-state index contributed by atoms with van der Waals surface area (Å²) in [6.45, 7) is 4.91. The smallest absolute Gasteiger partial charge is 0.317 e. The summed E-state index contributed by atoms with van der Waals surface area (Å²) >= 11 is 0. The van der Waals surface area contributed by atoms with Gasteiger partial charge >= 0.3 is 6.03 Å². The number of nitrogens with zero attached hydrogens (tertiary/aromatic N) is 2. The van der Waals surface area contributed by atoms with Crippen LogP contribution >= 0.6 is 0 Å². The van der Waals surface area contributed by atoms with Crippen LogP contribution in [0.3, 0.4) is 0 Å². The molecule has 5 nitrogen and oxygen atoms in total. The van der Waals surface area contributed by atoms with Crippen LogP contribution in [-0.4, -0.2) is 66.8 Å². The van der Waals surface area contributed by atoms with Gasteiger partial charge in [0.25, 0.3) is 0 Å². The van der Waals surface area contributed by atoms with Crippen molar-refractivity contribution < 1.29 is 9.53 Å². The van der Waals surface area contributed by atoms with Crippen LogP contribution in [0.15, 0.2) is 0 Å². The lowest BCUT2D eigenvalue weighted by atomic mass is 10.1. The normalized spacial score (nSPS) is 31.7. The first-order valence-electron chi connectivity index (χ1n) is 10.2. The molecule has 0 aromatic heterocycles. The summed E-state index contributed by atoms with van der Waals surface area (Å²) in [6, 6.07) is 1.45. The Morgan fingerprint density at radius 2 is 1.92 bits per heavy atom. The molecule has 2 atom stereocenters. The maximum Gasteiger partial charge on any atom is 0.317 e. The Bertz CT molecular complexity index is 428. The Balaban J connectivity index is 1.27. The standard InChI is InChI=1S/C19H33N3O2/c23-19(20-12-15-9-10-21(13-15)16-7-8-16)22(17-4-1-2-5-17)14-18-6-3-11-24-18/h15-18H,1-14H2,(H,20,23)/t15-,18-/m0/s1. The highest BCUT2D eigenvalue weighted by Gasteiger charge is 2.35. The van der Waals surface area contributed by atoms with Gasteiger partial charge in [0.1, 0.15) is 0 Å². The molecule has 0 radical (unpaired) electrons. The van der Waals surface area contributed by atoms with Crippen molar-refractivity contribution in [1.29, 1.82) is 0 Å². The number of ether oxygens (including phenoxy) is 1. The number of rotatable bonds is 6. The molecule has 4 aliphatic rings. The molecule has 2 saturated carbocycles. The van der Waals surface area contributed by atoms with Crippen molar-refractivity contribution >= 4 is 6.03 Å². The van der Waals surface area contributed by atoms with E-state index in [4.69, 9.17) is 4.74 Å². The van der Waals surface area contributed by atoms with E-state index in [1.165, 1.54) is 58.0 Å². The molecule has 4 rings (SSSR count). The number of hydrogen-bond acceptors (Lipinski definition) is 3. The minimum Gasteiger partial charge on any atom is -0.376 e. The SMILES string of the molecule is O=C(NC[C@@H]1CCN(C2CC2)C1)N(C[C@@H]1CCCO1)C1CCCC1. The fourth-order valence-corrected chi connectivity index (χ4v) is 4.76. The Kier molecular flexibility index (Phi) is 5.28. The second-order valence-corrected chi connectivity index (χ2v) is 8.29. The molecule has 4 fully saturated rings. The maximum atomic E-state index is 12.8. The fraction of sp³-hybridized carbons (Fsp3) is 0.947. The van der Waals surface area contributed by atoms with Crippen LogP contribution in [0.4, 0.5) is 4.79 Å². The molecule has 0 unspecified atom stereocenters. The molecule has 0 aromatic rings. The van der Waals surface area contributed by atoms with Gasteiger partial charge in [0.15, 0.2) is 0 Å². The van der Waals surface area contributed by atoms with Gasteiger partial charge in [0.05, 0.1) is 6.10 Å². The van der Waals surface area contributed by atoms with E-state index in [9.17, 15) is 4.79 Å². The summed E-state index contributed by atoms with van der Waals surface area (Å²) in [5, 5.41) is 3.26. The number of likely N-dealkylation sites (tertiary alicyclic amines) is 1. The second kappa shape index (κ2) is 7.61. The van der Waals surface area contributed by atoms with E-state index in [2.05, 4.69) is 15.1 Å². The molecule has 24 heavy (non-hydrogen) atoms. The first kappa shape index (κ1) is 16.6. The van der Waals surface area contributed by atoms with Crippen LogP contribution in [0, 0.1) is 5.92 Å². The summed E-state index contributed by atoms with van der Waals surface area (Å²) < 4.78 is 5.79. The van der Waals surface area contributed by atoms with Crippen LogP contribution in [-0.2, 0) is 4.74 Å². The predicted octanol–water partition coefficient (Wildman–Crippen LogP) is 2.60. The number of nitrogens with one attached hydrogen (secondary N) is 1. The third kappa shape index (κ3) is 4.05. The van der Waals surface area contributed by atoms with Crippen LogP contribution in [0.2, 0.25) is 0 Å². The molecule has 0 bridgehead atoms. The number of carbonyl (C=O) groups is 1. The minimum absolute atomic E-state index is 0.155. The molecule has 5 heteroatoms. The van der Waals surface area contributed by atoms with Crippen molar-refractivity contribution in [1.82, 2.24) is 15.1 Å². The first-order valence-corrected chi connectivity index (χ1v) is 10.2. The van der Waals surface area contributed by atoms with E-state index >= 15 is 0 Å². The van der Waals surface area contributed by atoms with Crippen molar-refractivity contribution in [2.24, 2.45) is 5.92 Å². The molecule has 0 spiro atoms. The third-order valence-electron chi connectivity index (χ3n) is 6.37. The monoisotopic (exact) mass is 335 g/mol. The van der Waals surface area contributed by atoms with Crippen molar-refractivity contribution in [2.45, 2.75) is 76.0 Å². The summed E-state index contributed by atoms with van der Waals surface area (Å²) in [6.07, 6.45) is 11.4. The van der Waals surface area contributed by atoms with E-state index in [0.29, 0.717) is 12.0 Å². The largest absolute Gasteiger partial charge is 0.376 e. The molecule has 2 saturated heterocycles. The average molecular weight is 335 g/mol. The van der Waals surface area contributed by atoms with Crippen molar-refractivity contribution in [3.8, 4) is 0 Å². The van der Waals surface area contributed by atoms with Crippen LogP contribution in [0.5, 0.6) is 0 Å². The molecule has 2 aliphatic heterocycles. The van der Waals surface area contributed by atoms with Gasteiger partial charge in [0.2, 0.25) is 0 Å². The van der Waals surface area contributed by atoms with Gasteiger partial charge in [-0.3, -0.25) is 0 Å². The number of carbonyl (C=O) groups excluding carboxylic acids is 1. The zero-order valence-corrected chi connectivity index (χ0v) is 14.9. The van der Waals surface area contributed by atoms with Crippen molar-refractivity contribution in [2.75, 3.05) is 32.8 Å². The lowest BCUT2D eigenvalue weighted by Crippen LogP contribution is -2.49. The lowest BCUT2D eigenvalue weighted by molar-refractivity contribution is 0.0697. The van der Waals surface area contributed by atoms with Crippen molar-refractivity contribution in [3.63, 3.8) is 0 Å². The summed E-state index contributed by atoms with van der Waals surface area (Å²) in [4.78, 5) is 17.6. The zero-order valence-electron chi connectivity index (χ0n) is 14.9. The van der Waals surface area contributed by atoms with E-state index < -0.39 is 0 Å². The quantitative estimate of drug-likeness (QED) is 0.811. The average Bonchev–Trinajstić information content (AvgIpc) is 3.06. The number of amides is 2. The highest BCUT2D eigenvalue weighted by atomic mass is 16.5. The highest BCUT2D eigenvalue weighted by molar-refractivity contribution is 5.74. The molecular weight excluding hydrogens is 302 g/mol. The predicted molar refractivity (Wildman–Crippen MR) is 94.0 cm³/mol. The summed E-state index contributed by atoms with van der Waals surface area (Å²) in [5.41, 5.74) is 0. The van der Waals surface area contributed by atoms with E-state index in [1.54, 1.807) is 0 Å². The Morgan fingerprint density at radius 1 is 1.08 bits per heavy atom. The molecule has 2 aliphatic carbocycles. The maximum absolute atomic E-state index is 12.8. The number of hydrogen-bond donors (Lipinski definition) is 1. The first-order chi connectivity index (χ1) is 11.8. The second-order valence-electron chi connectivity index (χ2n) is 8.29. The Labute approximate surface area is 146 Å².